The van der Waals surface area contributed by atoms with Gasteiger partial charge in [-0.05, 0) is 48.2 Å². The summed E-state index contributed by atoms with van der Waals surface area (Å²) in [6.45, 7) is 2.32. The summed E-state index contributed by atoms with van der Waals surface area (Å²) in [5.41, 5.74) is 4.29. The minimum atomic E-state index is 0.344. The van der Waals surface area contributed by atoms with E-state index in [4.69, 9.17) is 0 Å². The molecule has 0 bridgehead atoms. The third kappa shape index (κ3) is 1.83. The zero-order chi connectivity index (χ0) is 13.5. The van der Waals surface area contributed by atoms with E-state index in [-0.39, 0.29) is 0 Å². The lowest BCUT2D eigenvalue weighted by molar-refractivity contribution is 0.230. The van der Waals surface area contributed by atoms with Gasteiger partial charge in [0.15, 0.2) is 0 Å². The molecule has 102 valence electrons. The molecule has 1 saturated heterocycles. The number of phenolic OH excluding ortho intramolecular Hbond substituents is 1. The molecule has 0 spiro atoms. The highest BCUT2D eigenvalue weighted by atomic mass is 16.3. The molecule has 2 heterocycles. The Labute approximate surface area is 119 Å². The minimum absolute atomic E-state index is 0.344. The highest BCUT2D eigenvalue weighted by Crippen LogP contribution is 2.44. The van der Waals surface area contributed by atoms with Crippen LogP contribution in [0.2, 0.25) is 0 Å². The number of fused-ring (bicyclic) bond motifs is 3. The first-order chi connectivity index (χ1) is 9.83. The van der Waals surface area contributed by atoms with Gasteiger partial charge in [0.1, 0.15) is 5.75 Å². The van der Waals surface area contributed by atoms with Crippen molar-refractivity contribution in [3.05, 3.63) is 65.2 Å². The van der Waals surface area contributed by atoms with Crippen LogP contribution < -0.4 is 0 Å². The molecule has 2 nitrogen and oxygen atoms in total. The van der Waals surface area contributed by atoms with Gasteiger partial charge in [0.2, 0.25) is 0 Å². The molecule has 0 amide bonds. The number of nitrogens with zero attached hydrogens (tertiary/aromatic N) is 1. The maximum atomic E-state index is 9.49. The van der Waals surface area contributed by atoms with Gasteiger partial charge in [-0.3, -0.25) is 4.90 Å². The van der Waals surface area contributed by atoms with E-state index in [2.05, 4.69) is 41.3 Å². The molecule has 2 aliphatic heterocycles. The molecule has 0 unspecified atom stereocenters. The van der Waals surface area contributed by atoms with E-state index in [0.29, 0.717) is 17.7 Å². The maximum Gasteiger partial charge on any atom is 0.115 e. The summed E-state index contributed by atoms with van der Waals surface area (Å²) in [7, 11) is 0. The summed E-state index contributed by atoms with van der Waals surface area (Å²) < 4.78 is 0. The molecular formula is C18H19NO. The van der Waals surface area contributed by atoms with Gasteiger partial charge in [0.05, 0.1) is 0 Å². The van der Waals surface area contributed by atoms with Crippen LogP contribution in [0.25, 0.3) is 0 Å². The molecule has 2 aliphatic rings. The van der Waals surface area contributed by atoms with Gasteiger partial charge in [0, 0.05) is 18.5 Å². The first-order valence-electron chi connectivity index (χ1n) is 7.45. The molecule has 4 rings (SSSR count). The molecule has 0 radical (unpaired) electrons. The number of benzene rings is 2. The second-order valence-corrected chi connectivity index (χ2v) is 5.93. The van der Waals surface area contributed by atoms with Gasteiger partial charge in [-0.25, -0.2) is 0 Å². The lowest BCUT2D eigenvalue weighted by Crippen LogP contribution is -2.34. The predicted octanol–water partition coefficient (Wildman–Crippen LogP) is 3.67. The van der Waals surface area contributed by atoms with E-state index >= 15 is 0 Å². The Kier molecular flexibility index (Phi) is 2.78. The van der Waals surface area contributed by atoms with Crippen molar-refractivity contribution in [2.75, 3.05) is 13.1 Å². The van der Waals surface area contributed by atoms with Crippen molar-refractivity contribution in [1.82, 2.24) is 4.90 Å². The first-order valence-corrected chi connectivity index (χ1v) is 7.45. The molecule has 0 aliphatic carbocycles. The number of phenols is 1. The summed E-state index contributed by atoms with van der Waals surface area (Å²) in [5, 5.41) is 9.49. The molecule has 2 atom stereocenters. The zero-order valence-corrected chi connectivity index (χ0v) is 11.5. The highest BCUT2D eigenvalue weighted by Gasteiger charge is 2.35. The Bertz CT molecular complexity index is 620. The molecule has 0 aromatic heterocycles. The molecule has 2 heteroatoms. The van der Waals surface area contributed by atoms with Gasteiger partial charge < -0.3 is 5.11 Å². The second kappa shape index (κ2) is 4.64. The van der Waals surface area contributed by atoms with Gasteiger partial charge in [-0.1, -0.05) is 36.4 Å². The van der Waals surface area contributed by atoms with Gasteiger partial charge in [-0.15, -0.1) is 0 Å². The van der Waals surface area contributed by atoms with E-state index < -0.39 is 0 Å². The third-order valence-electron chi connectivity index (χ3n) is 4.81. The average Bonchev–Trinajstić information content (AvgIpc) is 2.96. The summed E-state index contributed by atoms with van der Waals surface area (Å²) in [6.07, 6.45) is 2.60. The lowest BCUT2D eigenvalue weighted by atomic mass is 9.82. The zero-order valence-electron chi connectivity index (χ0n) is 11.5. The van der Waals surface area contributed by atoms with E-state index in [1.807, 2.05) is 0 Å². The minimum Gasteiger partial charge on any atom is -0.508 e. The number of hydrogen-bond acceptors (Lipinski definition) is 2. The van der Waals surface area contributed by atoms with E-state index in [9.17, 15) is 5.11 Å². The molecule has 1 N–H and O–H groups in total. The standard InChI is InChI=1S/C18H19NO/c20-14-9-7-13(8-10-14)17-12-19-11-3-6-18(19)16-5-2-1-4-15(16)17/h1-2,4-5,7-10,17-18,20H,3,6,11-12H2/t17-,18-/m0/s1. The van der Waals surface area contributed by atoms with Crippen molar-refractivity contribution in [3.8, 4) is 5.75 Å². The van der Waals surface area contributed by atoms with Crippen molar-refractivity contribution in [2.24, 2.45) is 0 Å². The molecule has 0 saturated carbocycles. The van der Waals surface area contributed by atoms with Crippen LogP contribution in [0.4, 0.5) is 0 Å². The van der Waals surface area contributed by atoms with Crippen LogP contribution in [0.15, 0.2) is 48.5 Å². The fourth-order valence-corrected chi connectivity index (χ4v) is 3.85. The van der Waals surface area contributed by atoms with E-state index in [1.165, 1.54) is 36.1 Å². The van der Waals surface area contributed by atoms with E-state index in [1.54, 1.807) is 12.1 Å². The molecule has 2 aromatic rings. The SMILES string of the molecule is Oc1ccc([C@@H]2CN3CCC[C@H]3c3ccccc32)cc1. The molecule has 2 aromatic carbocycles. The van der Waals surface area contributed by atoms with Crippen LogP contribution in [0.3, 0.4) is 0 Å². The van der Waals surface area contributed by atoms with Crippen molar-refractivity contribution >= 4 is 0 Å². The summed E-state index contributed by atoms with van der Waals surface area (Å²) in [4.78, 5) is 2.62. The predicted molar refractivity (Wildman–Crippen MR) is 79.9 cm³/mol. The fraction of sp³-hybridized carbons (Fsp3) is 0.333. The number of hydrogen-bond donors (Lipinski definition) is 1. The molecular weight excluding hydrogens is 246 g/mol. The topological polar surface area (TPSA) is 23.5 Å². The Morgan fingerprint density at radius 3 is 2.50 bits per heavy atom. The summed E-state index contributed by atoms with van der Waals surface area (Å²) in [5.74, 6) is 0.776. The molecule has 20 heavy (non-hydrogen) atoms. The summed E-state index contributed by atoms with van der Waals surface area (Å²) in [6, 6.07) is 17.2. The number of rotatable bonds is 1. The van der Waals surface area contributed by atoms with E-state index in [0.717, 1.165) is 6.54 Å². The third-order valence-corrected chi connectivity index (χ3v) is 4.81. The van der Waals surface area contributed by atoms with Crippen molar-refractivity contribution in [2.45, 2.75) is 24.8 Å². The smallest absolute Gasteiger partial charge is 0.115 e. The fourth-order valence-electron chi connectivity index (χ4n) is 3.85. The maximum absolute atomic E-state index is 9.49. The monoisotopic (exact) mass is 265 g/mol. The Balaban J connectivity index is 1.80. The van der Waals surface area contributed by atoms with Gasteiger partial charge in [0.25, 0.3) is 0 Å². The van der Waals surface area contributed by atoms with Gasteiger partial charge in [-0.2, -0.15) is 0 Å². The summed E-state index contributed by atoms with van der Waals surface area (Å²) >= 11 is 0. The first kappa shape index (κ1) is 12.0. The second-order valence-electron chi connectivity index (χ2n) is 5.93. The average molecular weight is 265 g/mol. The van der Waals surface area contributed by atoms with Crippen LogP contribution in [0.5, 0.6) is 5.75 Å². The van der Waals surface area contributed by atoms with Crippen LogP contribution >= 0.6 is 0 Å². The Hall–Kier alpha value is -1.80. The van der Waals surface area contributed by atoms with Gasteiger partial charge >= 0.3 is 0 Å². The normalized spacial score (nSPS) is 25.2. The van der Waals surface area contributed by atoms with Crippen molar-refractivity contribution < 1.29 is 5.11 Å². The quantitative estimate of drug-likeness (QED) is 0.850. The van der Waals surface area contributed by atoms with Crippen LogP contribution in [0.1, 0.15) is 41.5 Å². The van der Waals surface area contributed by atoms with Crippen molar-refractivity contribution in [3.63, 3.8) is 0 Å². The van der Waals surface area contributed by atoms with Crippen LogP contribution in [-0.4, -0.2) is 23.1 Å². The van der Waals surface area contributed by atoms with Crippen LogP contribution in [0, 0.1) is 0 Å². The number of aromatic hydroxyl groups is 1. The largest absolute Gasteiger partial charge is 0.508 e. The Morgan fingerprint density at radius 1 is 0.950 bits per heavy atom. The Morgan fingerprint density at radius 2 is 1.70 bits per heavy atom. The lowest BCUT2D eigenvalue weighted by Gasteiger charge is -2.37. The molecule has 1 fully saturated rings. The highest BCUT2D eigenvalue weighted by molar-refractivity contribution is 5.43. The van der Waals surface area contributed by atoms with Crippen LogP contribution in [-0.2, 0) is 0 Å². The van der Waals surface area contributed by atoms with Crippen molar-refractivity contribution in [1.29, 1.82) is 0 Å².